The summed E-state index contributed by atoms with van der Waals surface area (Å²) in [5, 5.41) is 3.96. The summed E-state index contributed by atoms with van der Waals surface area (Å²) >= 11 is 0. The van der Waals surface area contributed by atoms with Crippen LogP contribution < -0.4 is 10.2 Å². The van der Waals surface area contributed by atoms with Gasteiger partial charge < -0.3 is 10.2 Å². The molecule has 1 aliphatic carbocycles. The minimum atomic E-state index is 0.671. The Balaban J connectivity index is 1.62. The summed E-state index contributed by atoms with van der Waals surface area (Å²) in [4.78, 5) is 2.54. The lowest BCUT2D eigenvalue weighted by atomic mass is 9.77. The molecule has 1 aromatic carbocycles. The lowest BCUT2D eigenvalue weighted by Gasteiger charge is -2.42. The first-order valence-electron chi connectivity index (χ1n) is 8.84. The van der Waals surface area contributed by atoms with Gasteiger partial charge in [-0.05, 0) is 63.1 Å². The van der Waals surface area contributed by atoms with Crippen molar-refractivity contribution >= 4 is 5.69 Å². The minimum Gasteiger partial charge on any atom is -0.370 e. The van der Waals surface area contributed by atoms with Crippen LogP contribution in [-0.2, 0) is 0 Å². The van der Waals surface area contributed by atoms with Crippen molar-refractivity contribution in [3.8, 4) is 0 Å². The van der Waals surface area contributed by atoms with Crippen molar-refractivity contribution in [1.29, 1.82) is 0 Å². The molecule has 3 rings (SSSR count). The Morgan fingerprint density at radius 2 is 2.00 bits per heavy atom. The van der Waals surface area contributed by atoms with E-state index in [-0.39, 0.29) is 0 Å². The molecule has 116 valence electrons. The normalized spacial score (nSPS) is 29.0. The number of fused-ring (bicyclic) bond motifs is 1. The maximum absolute atomic E-state index is 3.96. The van der Waals surface area contributed by atoms with Gasteiger partial charge in [0, 0.05) is 30.9 Å². The van der Waals surface area contributed by atoms with Gasteiger partial charge in [0.2, 0.25) is 0 Å². The van der Waals surface area contributed by atoms with Crippen LogP contribution in [0, 0.1) is 12.8 Å². The zero-order chi connectivity index (χ0) is 14.7. The van der Waals surface area contributed by atoms with Crippen molar-refractivity contribution in [1.82, 2.24) is 5.32 Å². The van der Waals surface area contributed by atoms with Gasteiger partial charge in [0.15, 0.2) is 0 Å². The van der Waals surface area contributed by atoms with Crippen molar-refractivity contribution in [2.45, 2.75) is 64.5 Å². The molecule has 2 aliphatic rings. The number of hydrogen-bond acceptors (Lipinski definition) is 2. The molecule has 0 amide bonds. The standard InChI is InChI=1S/C19H30N2/c1-3-21(18-9-6-7-15(2)13-18)14-17-12-11-16-8-4-5-10-19(16)20-17/h6-7,9,13,16-17,19-20H,3-5,8,10-12,14H2,1-2H3. The molecule has 0 radical (unpaired) electrons. The molecule has 3 atom stereocenters. The maximum atomic E-state index is 3.96. The fourth-order valence-electron chi connectivity index (χ4n) is 4.23. The summed E-state index contributed by atoms with van der Waals surface area (Å²) in [5.41, 5.74) is 2.74. The molecule has 1 saturated heterocycles. The molecule has 2 heteroatoms. The van der Waals surface area contributed by atoms with Crippen LogP contribution in [0.3, 0.4) is 0 Å². The SMILES string of the molecule is CCN(CC1CCC2CCCCC2N1)c1cccc(C)c1. The van der Waals surface area contributed by atoms with Crippen LogP contribution in [-0.4, -0.2) is 25.2 Å². The number of piperidine rings is 1. The molecular formula is C19H30N2. The summed E-state index contributed by atoms with van der Waals surface area (Å²) in [7, 11) is 0. The lowest BCUT2D eigenvalue weighted by molar-refractivity contribution is 0.177. The highest BCUT2D eigenvalue weighted by atomic mass is 15.2. The third-order valence-electron chi connectivity index (χ3n) is 5.43. The lowest BCUT2D eigenvalue weighted by Crippen LogP contribution is -2.53. The molecule has 1 aromatic rings. The number of anilines is 1. The van der Waals surface area contributed by atoms with Gasteiger partial charge in [0.05, 0.1) is 0 Å². The molecule has 21 heavy (non-hydrogen) atoms. The highest BCUT2D eigenvalue weighted by molar-refractivity contribution is 5.48. The van der Waals surface area contributed by atoms with Crippen LogP contribution in [0.15, 0.2) is 24.3 Å². The number of rotatable bonds is 4. The van der Waals surface area contributed by atoms with E-state index in [1.807, 2.05) is 0 Å². The number of nitrogens with zero attached hydrogens (tertiary/aromatic N) is 1. The van der Waals surface area contributed by atoms with Crippen molar-refractivity contribution in [2.75, 3.05) is 18.0 Å². The van der Waals surface area contributed by atoms with Gasteiger partial charge in [-0.1, -0.05) is 25.0 Å². The Morgan fingerprint density at radius 1 is 1.14 bits per heavy atom. The van der Waals surface area contributed by atoms with Crippen molar-refractivity contribution in [3.05, 3.63) is 29.8 Å². The number of hydrogen-bond donors (Lipinski definition) is 1. The highest BCUT2D eigenvalue weighted by Crippen LogP contribution is 2.32. The molecule has 2 nitrogen and oxygen atoms in total. The third kappa shape index (κ3) is 3.60. The Morgan fingerprint density at radius 3 is 2.81 bits per heavy atom. The predicted octanol–water partition coefficient (Wildman–Crippen LogP) is 4.13. The molecule has 3 unspecified atom stereocenters. The molecular weight excluding hydrogens is 256 g/mol. The molecule has 1 saturated carbocycles. The van der Waals surface area contributed by atoms with E-state index < -0.39 is 0 Å². The quantitative estimate of drug-likeness (QED) is 0.895. The van der Waals surface area contributed by atoms with Crippen molar-refractivity contribution in [2.24, 2.45) is 5.92 Å². The maximum Gasteiger partial charge on any atom is 0.0369 e. The van der Waals surface area contributed by atoms with Gasteiger partial charge in [0.1, 0.15) is 0 Å². The largest absolute Gasteiger partial charge is 0.370 e. The summed E-state index contributed by atoms with van der Waals surface area (Å²) in [5.74, 6) is 0.962. The molecule has 1 heterocycles. The Labute approximate surface area is 129 Å². The first kappa shape index (κ1) is 14.9. The van der Waals surface area contributed by atoms with E-state index in [1.54, 1.807) is 0 Å². The average molecular weight is 286 g/mol. The second-order valence-corrected chi connectivity index (χ2v) is 6.97. The Bertz CT molecular complexity index is 457. The third-order valence-corrected chi connectivity index (χ3v) is 5.43. The van der Waals surface area contributed by atoms with Gasteiger partial charge in [-0.3, -0.25) is 0 Å². The van der Waals surface area contributed by atoms with E-state index in [0.29, 0.717) is 6.04 Å². The van der Waals surface area contributed by atoms with Crippen LogP contribution in [0.4, 0.5) is 5.69 Å². The van der Waals surface area contributed by atoms with Crippen molar-refractivity contribution < 1.29 is 0 Å². The summed E-state index contributed by atoms with van der Waals surface area (Å²) in [6.45, 7) is 6.70. The molecule has 1 aliphatic heterocycles. The molecule has 0 spiro atoms. The average Bonchev–Trinajstić information content (AvgIpc) is 2.52. The fourth-order valence-corrected chi connectivity index (χ4v) is 4.23. The predicted molar refractivity (Wildman–Crippen MR) is 91.0 cm³/mol. The van der Waals surface area contributed by atoms with Crippen LogP contribution in [0.2, 0.25) is 0 Å². The Kier molecular flexibility index (Phi) is 4.84. The van der Waals surface area contributed by atoms with Gasteiger partial charge in [-0.2, -0.15) is 0 Å². The minimum absolute atomic E-state index is 0.671. The smallest absolute Gasteiger partial charge is 0.0369 e. The van der Waals surface area contributed by atoms with E-state index >= 15 is 0 Å². The summed E-state index contributed by atoms with van der Waals surface area (Å²) in [6, 6.07) is 10.4. The summed E-state index contributed by atoms with van der Waals surface area (Å²) < 4.78 is 0. The van der Waals surface area contributed by atoms with Crippen LogP contribution in [0.5, 0.6) is 0 Å². The molecule has 0 bridgehead atoms. The number of aryl methyl sites for hydroxylation is 1. The first-order valence-corrected chi connectivity index (χ1v) is 8.84. The van der Waals surface area contributed by atoms with E-state index in [1.165, 1.54) is 49.8 Å². The van der Waals surface area contributed by atoms with Crippen molar-refractivity contribution in [3.63, 3.8) is 0 Å². The number of nitrogens with one attached hydrogen (secondary N) is 1. The Hall–Kier alpha value is -1.02. The van der Waals surface area contributed by atoms with Gasteiger partial charge >= 0.3 is 0 Å². The zero-order valence-electron chi connectivity index (χ0n) is 13.6. The van der Waals surface area contributed by atoms with E-state index in [4.69, 9.17) is 0 Å². The van der Waals surface area contributed by atoms with Gasteiger partial charge in [-0.15, -0.1) is 0 Å². The summed E-state index contributed by atoms with van der Waals surface area (Å²) in [6.07, 6.45) is 8.53. The molecule has 1 N–H and O–H groups in total. The van der Waals surface area contributed by atoms with Gasteiger partial charge in [-0.25, -0.2) is 0 Å². The fraction of sp³-hybridized carbons (Fsp3) is 0.684. The van der Waals surface area contributed by atoms with Crippen LogP contribution >= 0.6 is 0 Å². The zero-order valence-corrected chi connectivity index (χ0v) is 13.6. The first-order chi connectivity index (χ1) is 10.3. The van der Waals surface area contributed by atoms with Crippen LogP contribution in [0.1, 0.15) is 51.0 Å². The number of benzene rings is 1. The van der Waals surface area contributed by atoms with E-state index in [2.05, 4.69) is 48.3 Å². The second kappa shape index (κ2) is 6.83. The van der Waals surface area contributed by atoms with Gasteiger partial charge in [0.25, 0.3) is 0 Å². The molecule has 0 aromatic heterocycles. The molecule has 2 fully saturated rings. The van der Waals surface area contributed by atoms with E-state index in [9.17, 15) is 0 Å². The second-order valence-electron chi connectivity index (χ2n) is 6.97. The highest BCUT2D eigenvalue weighted by Gasteiger charge is 2.32. The van der Waals surface area contributed by atoms with E-state index in [0.717, 1.165) is 25.0 Å². The topological polar surface area (TPSA) is 15.3 Å². The number of likely N-dealkylation sites (N-methyl/N-ethyl adjacent to an activating group) is 1. The van der Waals surface area contributed by atoms with Crippen LogP contribution in [0.25, 0.3) is 0 Å². The monoisotopic (exact) mass is 286 g/mol.